The van der Waals surface area contributed by atoms with Crippen LogP contribution in [0, 0.1) is 6.92 Å². The topological polar surface area (TPSA) is 421 Å². The standard InChI is InChI=1S/C7H6O8S2.C7H8O3S.C6H6O9S3.C6H6O6S2/c8-7(9)4-1-5(16-15-14-10)3-6(2-4)17(11,12)13;1-6-3-2-4-7(5-6)11-10-9-8;7-14-15-16-4-1-5(17(8,9)10)3-6(2-4)18(11,12)13;7-11-12-13-5-2-1-3-6(4-5)14(8,9)10/h1-3,10H,(H,8,9)(H,11,12,13);2-5,8H,1H3;1-3,7H,(H,8,9,10)(H,11,12,13);1-4,7H,(H,8,9,10)/p-4. The van der Waals surface area contributed by atoms with Crippen molar-refractivity contribution in [2.75, 3.05) is 0 Å². The fourth-order valence-electron chi connectivity index (χ4n) is 3.35. The highest BCUT2D eigenvalue weighted by molar-refractivity contribution is 7.95. The summed E-state index contributed by atoms with van der Waals surface area (Å²) < 4.78 is 138. The molecular formula is C26H22O26S8-4. The van der Waals surface area contributed by atoms with Crippen LogP contribution in [0.25, 0.3) is 0 Å². The first-order valence-corrected chi connectivity index (χ1v) is 22.7. The molecule has 0 aliphatic carbocycles. The van der Waals surface area contributed by atoms with Crippen LogP contribution in [-0.2, 0) is 78.0 Å². The van der Waals surface area contributed by atoms with Gasteiger partial charge in [-0.1, -0.05) is 23.2 Å². The zero-order valence-electron chi connectivity index (χ0n) is 28.7. The molecule has 0 bridgehead atoms. The van der Waals surface area contributed by atoms with Crippen LogP contribution in [0.4, 0.5) is 0 Å². The fraction of sp³-hybridized carbons (Fsp3) is 0.0385. The molecule has 0 heterocycles. The first kappa shape index (κ1) is 54.9. The van der Waals surface area contributed by atoms with Gasteiger partial charge in [0.25, 0.3) is 40.5 Å². The Morgan fingerprint density at radius 3 is 1.27 bits per heavy atom. The molecule has 4 aromatic rings. The van der Waals surface area contributed by atoms with Crippen LogP contribution in [0.1, 0.15) is 15.9 Å². The maximum Gasteiger partial charge on any atom is 0.294 e. The second kappa shape index (κ2) is 26.4. The van der Waals surface area contributed by atoms with Crippen LogP contribution < -0.4 is 20.9 Å². The summed E-state index contributed by atoms with van der Waals surface area (Å²) in [6, 6.07) is 17.6. The van der Waals surface area contributed by atoms with Crippen LogP contribution in [0.15, 0.2) is 124 Å². The Bertz CT molecular complexity index is 2400. The highest BCUT2D eigenvalue weighted by atomic mass is 32.2. The molecule has 0 spiro atoms. The van der Waals surface area contributed by atoms with E-state index in [-0.39, 0.29) is 26.7 Å². The second-order valence-electron chi connectivity index (χ2n) is 9.70. The molecule has 0 fully saturated rings. The predicted molar refractivity (Wildman–Crippen MR) is 189 cm³/mol. The van der Waals surface area contributed by atoms with E-state index in [0.29, 0.717) is 41.1 Å². The molecule has 0 saturated carbocycles. The molecule has 4 rings (SSSR count). The van der Waals surface area contributed by atoms with Gasteiger partial charge in [-0.3, -0.25) is 33.3 Å². The monoisotopic (exact) mass is 1010 g/mol. The first-order valence-electron chi connectivity index (χ1n) is 14.0. The van der Waals surface area contributed by atoms with Gasteiger partial charge in [0.2, 0.25) is 0 Å². The normalized spacial score (nSPS) is 11.6. The summed E-state index contributed by atoms with van der Waals surface area (Å²) in [5, 5.41) is 59.5. The number of benzene rings is 4. The van der Waals surface area contributed by atoms with E-state index in [2.05, 4.69) is 37.5 Å². The number of aryl methyl sites for hydroxylation is 1. The summed E-state index contributed by atoms with van der Waals surface area (Å²) in [7, 11) is -18.2. The summed E-state index contributed by atoms with van der Waals surface area (Å²) in [6.07, 6.45) is 0. The van der Waals surface area contributed by atoms with Gasteiger partial charge in [0.1, 0.15) is 0 Å². The number of aromatic carboxylic acids is 1. The molecule has 5 N–H and O–H groups in total. The Morgan fingerprint density at radius 2 is 0.867 bits per heavy atom. The maximum atomic E-state index is 10.9. The lowest BCUT2D eigenvalue weighted by Gasteiger charge is -2.07. The molecule has 0 unspecified atom stereocenters. The highest BCUT2D eigenvalue weighted by Gasteiger charge is 2.19. The van der Waals surface area contributed by atoms with Gasteiger partial charge in [0, 0.05) is 19.6 Å². The highest BCUT2D eigenvalue weighted by Crippen LogP contribution is 2.27. The number of hydrogen-bond acceptors (Lipinski definition) is 26. The molecule has 60 heavy (non-hydrogen) atoms. The van der Waals surface area contributed by atoms with Crippen molar-refractivity contribution in [3.05, 3.63) is 96.1 Å². The Labute approximate surface area is 355 Å². The van der Waals surface area contributed by atoms with E-state index >= 15 is 0 Å². The van der Waals surface area contributed by atoms with Crippen LogP contribution in [-0.4, -0.2) is 63.1 Å². The Kier molecular flexibility index (Phi) is 24.2. The Morgan fingerprint density at radius 1 is 0.500 bits per heavy atom. The van der Waals surface area contributed by atoms with Crippen LogP contribution in [0.2, 0.25) is 0 Å². The first-order chi connectivity index (χ1) is 27.8. The van der Waals surface area contributed by atoms with Crippen molar-refractivity contribution in [2.24, 2.45) is 0 Å². The van der Waals surface area contributed by atoms with Crippen LogP contribution in [0.5, 0.6) is 0 Å². The largest absolute Gasteiger partial charge is 0.691 e. The van der Waals surface area contributed by atoms with E-state index in [4.69, 9.17) is 23.5 Å². The van der Waals surface area contributed by atoms with Gasteiger partial charge >= 0.3 is 0 Å². The summed E-state index contributed by atoms with van der Waals surface area (Å²) in [4.78, 5) is 8.99. The molecule has 0 aliphatic heterocycles. The second-order valence-corrected chi connectivity index (χ2v) is 18.5. The van der Waals surface area contributed by atoms with Crippen molar-refractivity contribution < 1.29 is 120 Å². The van der Waals surface area contributed by atoms with Crippen molar-refractivity contribution in [3.8, 4) is 0 Å². The van der Waals surface area contributed by atoms with E-state index in [9.17, 15) is 59.3 Å². The van der Waals surface area contributed by atoms with Gasteiger partial charge in [-0.15, -0.1) is 4.33 Å². The summed E-state index contributed by atoms with van der Waals surface area (Å²) in [5.74, 6) is -1.64. The van der Waals surface area contributed by atoms with Crippen LogP contribution in [0.3, 0.4) is 0 Å². The average molecular weight is 1010 g/mol. The van der Waals surface area contributed by atoms with E-state index < -0.39 is 66.7 Å². The van der Waals surface area contributed by atoms with E-state index in [1.54, 1.807) is 0 Å². The van der Waals surface area contributed by atoms with Gasteiger partial charge < -0.3 is 25.7 Å². The molecule has 0 aromatic heterocycles. The smallest absolute Gasteiger partial charge is 0.294 e. The summed E-state index contributed by atoms with van der Waals surface area (Å²) in [6.45, 7) is 1.96. The number of carbonyl (C=O) groups excluding carboxylic acids is 1. The Balaban J connectivity index is 0.000000406. The minimum Gasteiger partial charge on any atom is -0.691 e. The molecule has 0 saturated heterocycles. The van der Waals surface area contributed by atoms with Gasteiger partial charge in [-0.25, -0.2) is 5.26 Å². The SMILES string of the molecule is Cc1cccc(SOO[O-])c1.O=C([O-])c1cc(SOOO)cc(S(=O)(=O)O)c1.O=S(=O)(O)c1cc(SOO[O-])cc(S(=O)(=O)O)c1.O=S(=O)(O)c1cccc(SOO[O-])c1. The van der Waals surface area contributed by atoms with Crippen LogP contribution >= 0.6 is 48.2 Å². The molecule has 0 amide bonds. The molecule has 0 aliphatic rings. The predicted octanol–water partition coefficient (Wildman–Crippen LogP) is 0.525. The number of carbonyl (C=O) groups is 1. The molecule has 26 nitrogen and oxygen atoms in total. The molecule has 0 atom stereocenters. The van der Waals surface area contributed by atoms with Crippen molar-refractivity contribution in [1.29, 1.82) is 0 Å². The third-order valence-electron chi connectivity index (χ3n) is 5.59. The fourth-order valence-corrected chi connectivity index (χ4v) is 7.71. The zero-order valence-corrected chi connectivity index (χ0v) is 35.2. The van der Waals surface area contributed by atoms with Crippen molar-refractivity contribution in [1.82, 2.24) is 0 Å². The quantitative estimate of drug-likeness (QED) is 0.0417. The minimum atomic E-state index is -4.70. The molecule has 0 radical (unpaired) electrons. The van der Waals surface area contributed by atoms with Crippen molar-refractivity contribution in [3.63, 3.8) is 0 Å². The molecule has 4 aromatic carbocycles. The molecule has 334 valence electrons. The lowest BCUT2D eigenvalue weighted by atomic mass is 10.2. The Hall–Kier alpha value is -3.09. The van der Waals surface area contributed by atoms with Crippen molar-refractivity contribution >= 4 is 94.6 Å². The summed E-state index contributed by atoms with van der Waals surface area (Å²) in [5.41, 5.74) is 0.633. The van der Waals surface area contributed by atoms with Gasteiger partial charge in [0.05, 0.1) is 73.7 Å². The van der Waals surface area contributed by atoms with Gasteiger partial charge in [-0.2, -0.15) is 46.7 Å². The van der Waals surface area contributed by atoms with Gasteiger partial charge in [-0.05, 0) is 84.8 Å². The minimum absolute atomic E-state index is 0.0339. The third kappa shape index (κ3) is 22.1. The third-order valence-corrected chi connectivity index (χ3v) is 11.2. The van der Waals surface area contributed by atoms with Gasteiger partial charge in [0.15, 0.2) is 0 Å². The van der Waals surface area contributed by atoms with E-state index in [1.165, 1.54) is 18.2 Å². The van der Waals surface area contributed by atoms with E-state index in [1.807, 2.05) is 31.2 Å². The number of carboxylic acids is 1. The lowest BCUT2D eigenvalue weighted by Crippen LogP contribution is -2.22. The molecular weight excluding hydrogens is 985 g/mol. The number of carboxylic acid groups (broad SMARTS) is 1. The lowest BCUT2D eigenvalue weighted by molar-refractivity contribution is -0.777. The maximum absolute atomic E-state index is 10.9. The van der Waals surface area contributed by atoms with Crippen molar-refractivity contribution in [2.45, 2.75) is 46.1 Å². The van der Waals surface area contributed by atoms with E-state index in [0.717, 1.165) is 52.8 Å². The number of hydrogen-bond donors (Lipinski definition) is 5. The molecule has 34 heteroatoms. The summed E-state index contributed by atoms with van der Waals surface area (Å²) >= 11 is 1.98. The zero-order chi connectivity index (χ0) is 45.7. The average Bonchev–Trinajstić information content (AvgIpc) is 3.17. The number of rotatable bonds is 17.